The second-order valence-electron chi connectivity index (χ2n) is 3.42. The fourth-order valence-corrected chi connectivity index (χ4v) is 1.82. The highest BCUT2D eigenvalue weighted by atomic mass is 79.9. The van der Waals surface area contributed by atoms with E-state index in [-0.39, 0.29) is 5.82 Å². The lowest BCUT2D eigenvalue weighted by molar-refractivity contribution is 0.630. The lowest BCUT2D eigenvalue weighted by Gasteiger charge is -2.08. The largest absolute Gasteiger partial charge is 0.376 e. The minimum atomic E-state index is -0.366. The summed E-state index contributed by atoms with van der Waals surface area (Å²) >= 11 is 9.19. The second kappa shape index (κ2) is 5.47. The SMILES string of the molecule is Fc1cccc(Cl)c1NCc1ccc(Br)cn1. The number of anilines is 1. The smallest absolute Gasteiger partial charge is 0.147 e. The van der Waals surface area contributed by atoms with E-state index in [1.165, 1.54) is 6.07 Å². The van der Waals surface area contributed by atoms with Gasteiger partial charge in [0.1, 0.15) is 5.82 Å². The zero-order valence-corrected chi connectivity index (χ0v) is 11.1. The van der Waals surface area contributed by atoms with Gasteiger partial charge in [-0.05, 0) is 40.2 Å². The Kier molecular flexibility index (Phi) is 3.97. The number of rotatable bonds is 3. The van der Waals surface area contributed by atoms with Crippen LogP contribution in [0.1, 0.15) is 5.69 Å². The van der Waals surface area contributed by atoms with Gasteiger partial charge in [-0.2, -0.15) is 0 Å². The van der Waals surface area contributed by atoms with E-state index in [1.54, 1.807) is 18.3 Å². The van der Waals surface area contributed by atoms with Gasteiger partial charge in [0, 0.05) is 10.7 Å². The highest BCUT2D eigenvalue weighted by Crippen LogP contribution is 2.24. The molecule has 2 nitrogen and oxygen atoms in total. The van der Waals surface area contributed by atoms with Gasteiger partial charge in [0.25, 0.3) is 0 Å². The Balaban J connectivity index is 2.10. The average molecular weight is 316 g/mol. The number of pyridine rings is 1. The van der Waals surface area contributed by atoms with E-state index in [1.807, 2.05) is 12.1 Å². The molecule has 0 spiro atoms. The minimum absolute atomic E-state index is 0.305. The molecule has 0 radical (unpaired) electrons. The molecule has 0 atom stereocenters. The first kappa shape index (κ1) is 12.3. The quantitative estimate of drug-likeness (QED) is 0.916. The number of nitrogens with one attached hydrogen (secondary N) is 1. The van der Waals surface area contributed by atoms with E-state index in [9.17, 15) is 4.39 Å². The molecule has 1 aromatic carbocycles. The van der Waals surface area contributed by atoms with Crippen LogP contribution in [0.25, 0.3) is 0 Å². The van der Waals surface area contributed by atoms with Crippen LogP contribution in [0.15, 0.2) is 41.0 Å². The second-order valence-corrected chi connectivity index (χ2v) is 4.74. The van der Waals surface area contributed by atoms with Crippen molar-refractivity contribution in [3.05, 3.63) is 57.5 Å². The Morgan fingerprint density at radius 2 is 2.12 bits per heavy atom. The van der Waals surface area contributed by atoms with Gasteiger partial charge in [-0.3, -0.25) is 4.98 Å². The molecule has 0 saturated heterocycles. The molecule has 1 aromatic heterocycles. The average Bonchev–Trinajstić information content (AvgIpc) is 2.31. The maximum atomic E-state index is 13.4. The van der Waals surface area contributed by atoms with Gasteiger partial charge >= 0.3 is 0 Å². The lowest BCUT2D eigenvalue weighted by atomic mass is 10.3. The Labute approximate surface area is 112 Å². The zero-order valence-electron chi connectivity index (χ0n) is 8.75. The normalized spacial score (nSPS) is 10.3. The fraction of sp³-hybridized carbons (Fsp3) is 0.0833. The molecule has 88 valence electrons. The Bertz CT molecular complexity index is 496. The van der Waals surface area contributed by atoms with Gasteiger partial charge in [-0.15, -0.1) is 0 Å². The van der Waals surface area contributed by atoms with E-state index in [0.717, 1.165) is 10.2 Å². The highest BCUT2D eigenvalue weighted by molar-refractivity contribution is 9.10. The third kappa shape index (κ3) is 3.17. The van der Waals surface area contributed by atoms with Crippen molar-refractivity contribution >= 4 is 33.2 Å². The first-order chi connectivity index (χ1) is 8.16. The van der Waals surface area contributed by atoms with Gasteiger partial charge in [0.15, 0.2) is 0 Å². The molecule has 0 unspecified atom stereocenters. The number of nitrogens with zero attached hydrogens (tertiary/aromatic N) is 1. The van der Waals surface area contributed by atoms with Crippen LogP contribution in [0.3, 0.4) is 0 Å². The topological polar surface area (TPSA) is 24.9 Å². The molecule has 5 heteroatoms. The molecule has 0 aliphatic carbocycles. The minimum Gasteiger partial charge on any atom is -0.376 e. The molecular formula is C12H9BrClFN2. The van der Waals surface area contributed by atoms with Crippen LogP contribution in [0.4, 0.5) is 10.1 Å². The van der Waals surface area contributed by atoms with E-state index in [2.05, 4.69) is 26.2 Å². The number of benzene rings is 1. The Hall–Kier alpha value is -1.13. The number of para-hydroxylation sites is 1. The summed E-state index contributed by atoms with van der Waals surface area (Å²) in [7, 11) is 0. The van der Waals surface area contributed by atoms with Crippen molar-refractivity contribution in [2.75, 3.05) is 5.32 Å². The fourth-order valence-electron chi connectivity index (χ4n) is 1.36. The number of hydrogen-bond donors (Lipinski definition) is 1. The maximum Gasteiger partial charge on any atom is 0.147 e. The molecule has 0 saturated carbocycles. The third-order valence-electron chi connectivity index (χ3n) is 2.20. The van der Waals surface area contributed by atoms with Gasteiger partial charge in [-0.1, -0.05) is 17.7 Å². The van der Waals surface area contributed by atoms with Crippen LogP contribution in [-0.2, 0) is 6.54 Å². The summed E-state index contributed by atoms with van der Waals surface area (Å²) in [5, 5.41) is 3.30. The summed E-state index contributed by atoms with van der Waals surface area (Å²) in [4.78, 5) is 4.18. The molecule has 2 rings (SSSR count). The van der Waals surface area contributed by atoms with Crippen molar-refractivity contribution in [1.29, 1.82) is 0 Å². The molecule has 0 bridgehead atoms. The van der Waals surface area contributed by atoms with Crippen LogP contribution in [0.2, 0.25) is 5.02 Å². The van der Waals surface area contributed by atoms with E-state index in [0.29, 0.717) is 17.3 Å². The van der Waals surface area contributed by atoms with Crippen molar-refractivity contribution in [3.8, 4) is 0 Å². The number of aromatic nitrogens is 1. The molecule has 17 heavy (non-hydrogen) atoms. The summed E-state index contributed by atoms with van der Waals surface area (Å²) in [6.07, 6.45) is 1.69. The molecule has 1 heterocycles. The Morgan fingerprint density at radius 1 is 1.29 bits per heavy atom. The Morgan fingerprint density at radius 3 is 2.76 bits per heavy atom. The van der Waals surface area contributed by atoms with E-state index in [4.69, 9.17) is 11.6 Å². The van der Waals surface area contributed by atoms with E-state index >= 15 is 0 Å². The van der Waals surface area contributed by atoms with Gasteiger partial charge in [0.2, 0.25) is 0 Å². The predicted molar refractivity (Wildman–Crippen MR) is 70.7 cm³/mol. The highest BCUT2D eigenvalue weighted by Gasteiger charge is 2.06. The van der Waals surface area contributed by atoms with Crippen molar-refractivity contribution < 1.29 is 4.39 Å². The number of hydrogen-bond acceptors (Lipinski definition) is 2. The van der Waals surface area contributed by atoms with Gasteiger partial charge in [-0.25, -0.2) is 4.39 Å². The van der Waals surface area contributed by atoms with Crippen LogP contribution < -0.4 is 5.32 Å². The molecule has 1 N–H and O–H groups in total. The standard InChI is InChI=1S/C12H9BrClFN2/c13-8-4-5-9(16-6-8)7-17-12-10(14)2-1-3-11(12)15/h1-6,17H,7H2. The lowest BCUT2D eigenvalue weighted by Crippen LogP contribution is -2.03. The van der Waals surface area contributed by atoms with Crippen LogP contribution in [0.5, 0.6) is 0 Å². The first-order valence-corrected chi connectivity index (χ1v) is 6.12. The van der Waals surface area contributed by atoms with Crippen LogP contribution >= 0.6 is 27.5 Å². The monoisotopic (exact) mass is 314 g/mol. The van der Waals surface area contributed by atoms with Crippen molar-refractivity contribution in [1.82, 2.24) is 4.98 Å². The summed E-state index contributed by atoms with van der Waals surface area (Å²) in [5.74, 6) is -0.366. The molecule has 0 aliphatic heterocycles. The summed E-state index contributed by atoms with van der Waals surface area (Å²) in [5.41, 5.74) is 1.12. The maximum absolute atomic E-state index is 13.4. The first-order valence-electron chi connectivity index (χ1n) is 4.95. The van der Waals surface area contributed by atoms with Gasteiger partial charge < -0.3 is 5.32 Å². The summed E-state index contributed by atoms with van der Waals surface area (Å²) in [6.45, 7) is 0.425. The van der Waals surface area contributed by atoms with Crippen molar-refractivity contribution in [2.45, 2.75) is 6.54 Å². The number of halogens is 3. The molecule has 0 amide bonds. The molecule has 0 fully saturated rings. The van der Waals surface area contributed by atoms with Gasteiger partial charge in [0.05, 0.1) is 22.9 Å². The third-order valence-corrected chi connectivity index (χ3v) is 2.98. The molecule has 0 aliphatic rings. The molecule has 2 aromatic rings. The van der Waals surface area contributed by atoms with E-state index < -0.39 is 0 Å². The van der Waals surface area contributed by atoms with Crippen molar-refractivity contribution in [2.24, 2.45) is 0 Å². The van der Waals surface area contributed by atoms with Crippen LogP contribution in [-0.4, -0.2) is 4.98 Å². The van der Waals surface area contributed by atoms with Crippen molar-refractivity contribution in [3.63, 3.8) is 0 Å². The van der Waals surface area contributed by atoms with Crippen LogP contribution in [0, 0.1) is 5.82 Å². The summed E-state index contributed by atoms with van der Waals surface area (Å²) in [6, 6.07) is 8.31. The molecular weight excluding hydrogens is 307 g/mol. The predicted octanol–water partition coefficient (Wildman–Crippen LogP) is 4.25. The summed E-state index contributed by atoms with van der Waals surface area (Å²) < 4.78 is 14.4. The zero-order chi connectivity index (χ0) is 12.3.